The summed E-state index contributed by atoms with van der Waals surface area (Å²) in [6.07, 6.45) is 0.0441. The maximum Gasteiger partial charge on any atom is 0.266 e. The Bertz CT molecular complexity index is 564. The van der Waals surface area contributed by atoms with Crippen molar-refractivity contribution < 1.29 is 28.1 Å². The van der Waals surface area contributed by atoms with Crippen LogP contribution in [-0.2, 0) is 20.2 Å². The molecule has 0 aromatic heterocycles. The van der Waals surface area contributed by atoms with Gasteiger partial charge in [-0.2, -0.15) is 0 Å². The van der Waals surface area contributed by atoms with E-state index in [9.17, 15) is 9.46 Å². The highest BCUT2D eigenvalue weighted by Crippen LogP contribution is 2.40. The quantitative estimate of drug-likeness (QED) is 0.574. The first-order valence-electron chi connectivity index (χ1n) is 7.56. The van der Waals surface area contributed by atoms with Crippen molar-refractivity contribution in [2.75, 3.05) is 34.8 Å². The van der Waals surface area contributed by atoms with Crippen molar-refractivity contribution in [1.82, 2.24) is 0 Å². The Morgan fingerprint density at radius 1 is 1.35 bits per heavy atom. The number of ether oxygens (including phenoxy) is 1. The third kappa shape index (κ3) is 7.57. The summed E-state index contributed by atoms with van der Waals surface area (Å²) >= 11 is 0. The number of quaternary nitrogens is 1. The third-order valence-electron chi connectivity index (χ3n) is 3.59. The predicted molar refractivity (Wildman–Crippen MR) is 87.9 cm³/mol. The zero-order valence-electron chi connectivity index (χ0n) is 14.8. The molecular formula is C16H28NO5P. The van der Waals surface area contributed by atoms with E-state index >= 15 is 0 Å². The fraction of sp³-hybridized carbons (Fsp3) is 0.625. The van der Waals surface area contributed by atoms with Crippen LogP contribution in [0.25, 0.3) is 0 Å². The Morgan fingerprint density at radius 3 is 2.43 bits per heavy atom. The van der Waals surface area contributed by atoms with E-state index in [1.807, 2.05) is 53.2 Å². The van der Waals surface area contributed by atoms with Crippen LogP contribution in [0.5, 0.6) is 0 Å². The Hall–Kier alpha value is -0.750. The number of nitrogens with zero attached hydrogens (tertiary/aromatic N) is 1. The number of phosphoric acid groups is 1. The molecule has 0 spiro atoms. The van der Waals surface area contributed by atoms with E-state index in [1.54, 1.807) is 7.11 Å². The molecule has 0 fully saturated rings. The van der Waals surface area contributed by atoms with Crippen LogP contribution in [0.1, 0.15) is 29.7 Å². The topological polar surface area (TPSA) is 78.8 Å². The van der Waals surface area contributed by atoms with Crippen molar-refractivity contribution >= 4 is 7.82 Å². The highest BCUT2D eigenvalue weighted by atomic mass is 31.2. The molecule has 132 valence electrons. The van der Waals surface area contributed by atoms with E-state index in [-0.39, 0.29) is 6.10 Å². The zero-order valence-corrected chi connectivity index (χ0v) is 15.7. The lowest BCUT2D eigenvalue weighted by molar-refractivity contribution is -0.874. The van der Waals surface area contributed by atoms with Crippen LogP contribution < -0.4 is 4.89 Å². The van der Waals surface area contributed by atoms with Gasteiger partial charge in [-0.25, -0.2) is 0 Å². The first-order valence-corrected chi connectivity index (χ1v) is 9.05. The Morgan fingerprint density at radius 2 is 1.96 bits per heavy atom. The molecule has 0 radical (unpaired) electrons. The molecule has 3 unspecified atom stereocenters. The second-order valence-electron chi connectivity index (χ2n) is 6.98. The summed E-state index contributed by atoms with van der Waals surface area (Å²) in [5.74, 6) is 0. The molecule has 0 saturated heterocycles. The van der Waals surface area contributed by atoms with Gasteiger partial charge in [0.25, 0.3) is 7.82 Å². The van der Waals surface area contributed by atoms with Gasteiger partial charge in [-0.15, -0.1) is 0 Å². The number of hydrogen-bond acceptors (Lipinski definition) is 4. The third-order valence-corrected chi connectivity index (χ3v) is 4.11. The summed E-state index contributed by atoms with van der Waals surface area (Å²) in [4.78, 5) is 20.4. The van der Waals surface area contributed by atoms with Crippen LogP contribution in [0.15, 0.2) is 18.2 Å². The average Bonchev–Trinajstić information content (AvgIpc) is 2.36. The van der Waals surface area contributed by atoms with Gasteiger partial charge < -0.3 is 23.5 Å². The molecule has 7 heteroatoms. The van der Waals surface area contributed by atoms with Gasteiger partial charge in [0, 0.05) is 7.11 Å². The molecular weight excluding hydrogens is 317 g/mol. The van der Waals surface area contributed by atoms with Gasteiger partial charge in [0.15, 0.2) is 0 Å². The minimum Gasteiger partial charge on any atom is -0.756 e. The van der Waals surface area contributed by atoms with Crippen LogP contribution in [-0.4, -0.2) is 50.3 Å². The molecule has 6 nitrogen and oxygen atoms in total. The molecule has 23 heavy (non-hydrogen) atoms. The lowest BCUT2D eigenvalue weighted by Gasteiger charge is -2.32. The summed E-state index contributed by atoms with van der Waals surface area (Å²) < 4.78 is 22.0. The van der Waals surface area contributed by atoms with Crippen LogP contribution >= 0.6 is 7.82 Å². The SMILES string of the molecule is COC(C)Cc1ccc(C)c(C(C[N+](C)(C)C)OP(=O)([O-])O)c1. The summed E-state index contributed by atoms with van der Waals surface area (Å²) in [6, 6.07) is 5.86. The molecule has 0 bridgehead atoms. The van der Waals surface area contributed by atoms with E-state index in [1.165, 1.54) is 0 Å². The molecule has 0 aliphatic heterocycles. The lowest BCUT2D eigenvalue weighted by Crippen LogP contribution is -2.39. The van der Waals surface area contributed by atoms with Crippen molar-refractivity contribution in [1.29, 1.82) is 0 Å². The standard InChI is InChI=1S/C16H28NO5P/c1-12-7-8-14(9-13(2)21-6)10-15(12)16(11-17(3,4)5)22-23(18,19)20/h7-8,10,13,16H,9,11H2,1-6H3,(H-,18,19,20). The highest BCUT2D eigenvalue weighted by molar-refractivity contribution is 7.44. The maximum atomic E-state index is 11.3. The van der Waals surface area contributed by atoms with Gasteiger partial charge in [0.05, 0.1) is 27.2 Å². The lowest BCUT2D eigenvalue weighted by atomic mass is 9.97. The molecule has 0 saturated carbocycles. The molecule has 0 amide bonds. The fourth-order valence-corrected chi connectivity index (χ4v) is 2.93. The fourth-order valence-electron chi connectivity index (χ4n) is 2.43. The summed E-state index contributed by atoms with van der Waals surface area (Å²) in [7, 11) is 2.65. The number of hydrogen-bond donors (Lipinski definition) is 1. The minimum absolute atomic E-state index is 0.0618. The molecule has 1 aromatic carbocycles. The van der Waals surface area contributed by atoms with Crippen LogP contribution in [0.3, 0.4) is 0 Å². The van der Waals surface area contributed by atoms with Gasteiger partial charge in [0.2, 0.25) is 0 Å². The number of likely N-dealkylation sites (N-methyl/N-ethyl adjacent to an activating group) is 1. The molecule has 3 atom stereocenters. The van der Waals surface area contributed by atoms with Crippen molar-refractivity contribution in [3.8, 4) is 0 Å². The minimum atomic E-state index is -4.83. The molecule has 0 aliphatic carbocycles. The number of methoxy groups -OCH3 is 1. The molecule has 1 N–H and O–H groups in total. The van der Waals surface area contributed by atoms with Crippen LogP contribution in [0, 0.1) is 6.92 Å². The van der Waals surface area contributed by atoms with E-state index < -0.39 is 13.9 Å². The number of benzene rings is 1. The second kappa shape index (κ2) is 7.88. The van der Waals surface area contributed by atoms with Crippen molar-refractivity contribution in [2.24, 2.45) is 0 Å². The Kier molecular flexibility index (Phi) is 6.95. The predicted octanol–water partition coefficient (Wildman–Crippen LogP) is 1.80. The van der Waals surface area contributed by atoms with Gasteiger partial charge >= 0.3 is 0 Å². The van der Waals surface area contributed by atoms with Crippen LogP contribution in [0.4, 0.5) is 0 Å². The van der Waals surface area contributed by atoms with E-state index in [4.69, 9.17) is 14.2 Å². The Labute approximate surface area is 138 Å². The molecule has 1 aromatic rings. The van der Waals surface area contributed by atoms with Gasteiger partial charge in [0.1, 0.15) is 12.6 Å². The van der Waals surface area contributed by atoms with Gasteiger partial charge in [-0.05, 0) is 37.0 Å². The van der Waals surface area contributed by atoms with Crippen molar-refractivity contribution in [3.05, 3.63) is 34.9 Å². The van der Waals surface area contributed by atoms with Gasteiger partial charge in [-0.3, -0.25) is 4.57 Å². The molecule has 0 heterocycles. The number of rotatable bonds is 8. The summed E-state index contributed by atoms with van der Waals surface area (Å²) in [5.41, 5.74) is 2.73. The zero-order chi connectivity index (χ0) is 17.8. The first-order chi connectivity index (χ1) is 10.4. The Balaban J connectivity index is 3.17. The number of aryl methyl sites for hydroxylation is 1. The van der Waals surface area contributed by atoms with Crippen LogP contribution in [0.2, 0.25) is 0 Å². The first kappa shape index (κ1) is 20.3. The second-order valence-corrected chi connectivity index (χ2v) is 8.12. The molecule has 1 rings (SSSR count). The van der Waals surface area contributed by atoms with E-state index in [0.717, 1.165) is 23.1 Å². The van der Waals surface area contributed by atoms with E-state index in [0.29, 0.717) is 11.0 Å². The summed E-state index contributed by atoms with van der Waals surface area (Å²) in [6.45, 7) is 4.29. The largest absolute Gasteiger partial charge is 0.756 e. The molecule has 0 aliphatic rings. The maximum absolute atomic E-state index is 11.3. The normalized spacial score (nSPS) is 17.6. The number of phosphoric ester groups is 1. The van der Waals surface area contributed by atoms with Crippen molar-refractivity contribution in [2.45, 2.75) is 32.5 Å². The van der Waals surface area contributed by atoms with E-state index in [2.05, 4.69) is 0 Å². The van der Waals surface area contributed by atoms with Crippen molar-refractivity contribution in [3.63, 3.8) is 0 Å². The summed E-state index contributed by atoms with van der Waals surface area (Å²) in [5, 5.41) is 0. The highest BCUT2D eigenvalue weighted by Gasteiger charge is 2.26. The average molecular weight is 345 g/mol. The monoisotopic (exact) mass is 345 g/mol. The van der Waals surface area contributed by atoms with Gasteiger partial charge in [-0.1, -0.05) is 18.2 Å². The smallest absolute Gasteiger partial charge is 0.266 e.